The minimum Gasteiger partial charge on any atom is -0.289 e. The van der Waals surface area contributed by atoms with Crippen molar-refractivity contribution >= 4 is 5.78 Å². The fourth-order valence-electron chi connectivity index (χ4n) is 1.35. The van der Waals surface area contributed by atoms with Crippen molar-refractivity contribution in [2.24, 2.45) is 0 Å². The summed E-state index contributed by atoms with van der Waals surface area (Å²) < 4.78 is 0. The second-order valence-electron chi connectivity index (χ2n) is 3.77. The molecule has 0 atom stereocenters. The van der Waals surface area contributed by atoms with Crippen LogP contribution in [0.3, 0.4) is 0 Å². The van der Waals surface area contributed by atoms with Gasteiger partial charge in [-0.05, 0) is 0 Å². The molecule has 0 radical (unpaired) electrons. The maximum atomic E-state index is 11.8. The van der Waals surface area contributed by atoms with Crippen LogP contribution in [0.25, 0.3) is 0 Å². The van der Waals surface area contributed by atoms with E-state index in [9.17, 15) is 4.79 Å². The van der Waals surface area contributed by atoms with Gasteiger partial charge in [0.1, 0.15) is 0 Å². The van der Waals surface area contributed by atoms with Gasteiger partial charge in [0.25, 0.3) is 0 Å². The Morgan fingerprint density at radius 3 is 1.35 bits per heavy atom. The Bertz CT molecular complexity index is 390. The Hall–Kier alpha value is -1.89. The summed E-state index contributed by atoms with van der Waals surface area (Å²) in [7, 11) is 0. The van der Waals surface area contributed by atoms with Gasteiger partial charge in [-0.15, -0.1) is 0 Å². The van der Waals surface area contributed by atoms with Crippen LogP contribution in [0.5, 0.6) is 0 Å². The quantitative estimate of drug-likeness (QED) is 0.696. The van der Waals surface area contributed by atoms with Crippen LogP contribution in [0.2, 0.25) is 0 Å². The zero-order chi connectivity index (χ0) is 12.5. The third kappa shape index (κ3) is 4.23. The summed E-state index contributed by atoms with van der Waals surface area (Å²) >= 11 is 0. The van der Waals surface area contributed by atoms with Crippen LogP contribution in [0.4, 0.5) is 0 Å². The lowest BCUT2D eigenvalue weighted by atomic mass is 10.0. The molecule has 0 saturated carbocycles. The highest BCUT2D eigenvalue weighted by Gasteiger charge is 2.06. The predicted octanol–water partition coefficient (Wildman–Crippen LogP) is 4.33. The highest BCUT2D eigenvalue weighted by atomic mass is 16.1. The van der Waals surface area contributed by atoms with Crippen molar-refractivity contribution in [2.75, 3.05) is 0 Å². The molecule has 0 aromatic heterocycles. The average Bonchev–Trinajstić information content (AvgIpc) is 2.41. The van der Waals surface area contributed by atoms with Crippen LogP contribution in [0.15, 0.2) is 60.7 Å². The maximum Gasteiger partial charge on any atom is 0.193 e. The monoisotopic (exact) mass is 226 g/mol. The van der Waals surface area contributed by atoms with Crippen LogP contribution in [0, 0.1) is 0 Å². The average molecular weight is 226 g/mol. The van der Waals surface area contributed by atoms with Crippen molar-refractivity contribution in [3.05, 3.63) is 71.8 Å². The lowest BCUT2D eigenvalue weighted by Gasteiger charge is -1.99. The first-order valence-electron chi connectivity index (χ1n) is 5.94. The molecule has 2 aromatic rings. The normalized spacial score (nSPS) is 9.06. The summed E-state index contributed by atoms with van der Waals surface area (Å²) in [6.07, 6.45) is 1.25. The number of carbonyl (C=O) groups is 1. The van der Waals surface area contributed by atoms with Gasteiger partial charge in [0.2, 0.25) is 0 Å². The van der Waals surface area contributed by atoms with Gasteiger partial charge < -0.3 is 0 Å². The van der Waals surface area contributed by atoms with Crippen LogP contribution in [-0.4, -0.2) is 5.78 Å². The molecule has 0 bridgehead atoms. The molecule has 0 fully saturated rings. The zero-order valence-corrected chi connectivity index (χ0v) is 10.4. The number of hydrogen-bond donors (Lipinski definition) is 0. The summed E-state index contributed by atoms with van der Waals surface area (Å²) in [5, 5.41) is 0. The highest BCUT2D eigenvalue weighted by molar-refractivity contribution is 6.08. The highest BCUT2D eigenvalue weighted by Crippen LogP contribution is 2.08. The second-order valence-corrected chi connectivity index (χ2v) is 3.77. The van der Waals surface area contributed by atoms with E-state index in [1.807, 2.05) is 60.7 Å². The van der Waals surface area contributed by atoms with E-state index in [-0.39, 0.29) is 5.78 Å². The SMILES string of the molecule is CCC.O=C(c1ccccc1)c1ccccc1. The molecule has 2 aromatic carbocycles. The van der Waals surface area contributed by atoms with Crippen LogP contribution in [0.1, 0.15) is 36.2 Å². The van der Waals surface area contributed by atoms with Crippen molar-refractivity contribution < 1.29 is 4.79 Å². The van der Waals surface area contributed by atoms with E-state index < -0.39 is 0 Å². The Morgan fingerprint density at radius 2 is 1.06 bits per heavy atom. The van der Waals surface area contributed by atoms with Crippen LogP contribution in [-0.2, 0) is 0 Å². The summed E-state index contributed by atoms with van der Waals surface area (Å²) in [4.78, 5) is 11.8. The minimum absolute atomic E-state index is 0.0752. The molecular weight excluding hydrogens is 208 g/mol. The van der Waals surface area contributed by atoms with Crippen molar-refractivity contribution in [1.82, 2.24) is 0 Å². The van der Waals surface area contributed by atoms with Gasteiger partial charge in [-0.2, -0.15) is 0 Å². The molecular formula is C16H18O. The molecule has 0 aliphatic rings. The van der Waals surface area contributed by atoms with E-state index in [1.165, 1.54) is 6.42 Å². The second kappa shape index (κ2) is 7.39. The predicted molar refractivity (Wildman–Crippen MR) is 72.3 cm³/mol. The first kappa shape index (κ1) is 13.2. The molecule has 2 rings (SSSR count). The smallest absolute Gasteiger partial charge is 0.193 e. The largest absolute Gasteiger partial charge is 0.289 e. The molecule has 0 spiro atoms. The van der Waals surface area contributed by atoms with Crippen molar-refractivity contribution in [2.45, 2.75) is 20.3 Å². The third-order valence-electron chi connectivity index (χ3n) is 2.07. The molecule has 0 heterocycles. The molecule has 1 nitrogen and oxygen atoms in total. The number of hydrogen-bond acceptors (Lipinski definition) is 1. The number of ketones is 1. The van der Waals surface area contributed by atoms with E-state index in [4.69, 9.17) is 0 Å². The number of benzene rings is 2. The Labute approximate surface area is 103 Å². The van der Waals surface area contributed by atoms with E-state index in [0.29, 0.717) is 0 Å². The van der Waals surface area contributed by atoms with Gasteiger partial charge in [-0.3, -0.25) is 4.79 Å². The molecule has 0 aliphatic heterocycles. The minimum atomic E-state index is 0.0752. The molecule has 1 heteroatoms. The zero-order valence-electron chi connectivity index (χ0n) is 10.4. The maximum absolute atomic E-state index is 11.8. The van der Waals surface area contributed by atoms with E-state index in [0.717, 1.165) is 11.1 Å². The van der Waals surface area contributed by atoms with Gasteiger partial charge in [0, 0.05) is 11.1 Å². The molecule has 0 saturated heterocycles. The van der Waals surface area contributed by atoms with Crippen LogP contribution >= 0.6 is 0 Å². The Morgan fingerprint density at radius 1 is 0.765 bits per heavy atom. The van der Waals surface area contributed by atoms with E-state index in [1.54, 1.807) is 0 Å². The molecule has 0 N–H and O–H groups in total. The number of carbonyl (C=O) groups excluding carboxylic acids is 1. The number of rotatable bonds is 2. The standard InChI is InChI=1S/C13H10O.C3H8/c14-13(11-7-3-1-4-8-11)12-9-5-2-6-10-12;1-3-2/h1-10H;3H2,1-2H3. The fraction of sp³-hybridized carbons (Fsp3) is 0.188. The summed E-state index contributed by atoms with van der Waals surface area (Å²) in [6, 6.07) is 18.6. The van der Waals surface area contributed by atoms with Crippen molar-refractivity contribution in [1.29, 1.82) is 0 Å². The summed E-state index contributed by atoms with van der Waals surface area (Å²) in [5.41, 5.74) is 1.47. The molecule has 0 amide bonds. The Kier molecular flexibility index (Phi) is 5.73. The first-order valence-corrected chi connectivity index (χ1v) is 5.94. The Balaban J connectivity index is 0.000000437. The first-order chi connectivity index (χ1) is 8.29. The third-order valence-corrected chi connectivity index (χ3v) is 2.07. The molecule has 88 valence electrons. The molecule has 0 unspecified atom stereocenters. The van der Waals surface area contributed by atoms with Gasteiger partial charge in [0.15, 0.2) is 5.78 Å². The van der Waals surface area contributed by atoms with E-state index >= 15 is 0 Å². The lowest BCUT2D eigenvalue weighted by Crippen LogP contribution is -1.99. The van der Waals surface area contributed by atoms with Gasteiger partial charge in [-0.25, -0.2) is 0 Å². The van der Waals surface area contributed by atoms with Gasteiger partial charge in [0.05, 0.1) is 0 Å². The van der Waals surface area contributed by atoms with Gasteiger partial charge in [-0.1, -0.05) is 80.9 Å². The summed E-state index contributed by atoms with van der Waals surface area (Å²) in [6.45, 7) is 4.25. The summed E-state index contributed by atoms with van der Waals surface area (Å²) in [5.74, 6) is 0.0752. The van der Waals surface area contributed by atoms with E-state index in [2.05, 4.69) is 13.8 Å². The molecule has 17 heavy (non-hydrogen) atoms. The van der Waals surface area contributed by atoms with Crippen molar-refractivity contribution in [3.8, 4) is 0 Å². The van der Waals surface area contributed by atoms with Crippen molar-refractivity contribution in [3.63, 3.8) is 0 Å². The van der Waals surface area contributed by atoms with Crippen LogP contribution < -0.4 is 0 Å². The molecule has 0 aliphatic carbocycles. The topological polar surface area (TPSA) is 17.1 Å². The lowest BCUT2D eigenvalue weighted by molar-refractivity contribution is 0.103. The van der Waals surface area contributed by atoms with Gasteiger partial charge >= 0.3 is 0 Å². The fourth-order valence-corrected chi connectivity index (χ4v) is 1.35.